The van der Waals surface area contributed by atoms with Crippen LogP contribution in [0.1, 0.15) is 19.3 Å². The quantitative estimate of drug-likeness (QED) is 0.779. The van der Waals surface area contributed by atoms with Crippen molar-refractivity contribution in [3.8, 4) is 0 Å². The third kappa shape index (κ3) is 3.33. The number of rotatable bonds is 3. The largest absolute Gasteiger partial charge is 0.394 e. The number of hydrogen-bond acceptors (Lipinski definition) is 8. The van der Waals surface area contributed by atoms with Crippen LogP contribution in [-0.4, -0.2) is 65.6 Å². The Morgan fingerprint density at radius 3 is 2.48 bits per heavy atom. The van der Waals surface area contributed by atoms with E-state index in [9.17, 15) is 5.11 Å². The van der Waals surface area contributed by atoms with Gasteiger partial charge in [0.15, 0.2) is 0 Å². The molecular formula is C13H22N6O2. The molecule has 21 heavy (non-hydrogen) atoms. The molecule has 0 spiro atoms. The standard InChI is InChI=1S/C13H22N6O2/c14-11-15-12(18-4-2-1-3-5-18)17-13(16-11)19-6-7-21-10(8-19)9-20/h10,20H,1-9H2,(H2,14,15,16,17). The van der Waals surface area contributed by atoms with Crippen LogP contribution in [0.5, 0.6) is 0 Å². The van der Waals surface area contributed by atoms with Gasteiger partial charge >= 0.3 is 0 Å². The van der Waals surface area contributed by atoms with Crippen LogP contribution < -0.4 is 15.5 Å². The van der Waals surface area contributed by atoms with E-state index in [1.807, 2.05) is 4.90 Å². The van der Waals surface area contributed by atoms with Crippen molar-refractivity contribution in [1.29, 1.82) is 0 Å². The summed E-state index contributed by atoms with van der Waals surface area (Å²) in [6.45, 7) is 3.74. The minimum Gasteiger partial charge on any atom is -0.394 e. The Labute approximate surface area is 123 Å². The molecule has 3 N–H and O–H groups in total. The van der Waals surface area contributed by atoms with Gasteiger partial charge in [0.1, 0.15) is 0 Å². The van der Waals surface area contributed by atoms with Crippen LogP contribution in [0.3, 0.4) is 0 Å². The maximum Gasteiger partial charge on any atom is 0.232 e. The Morgan fingerprint density at radius 1 is 1.05 bits per heavy atom. The fourth-order valence-corrected chi connectivity index (χ4v) is 2.76. The zero-order valence-corrected chi connectivity index (χ0v) is 12.1. The predicted molar refractivity (Wildman–Crippen MR) is 79.3 cm³/mol. The molecule has 2 fully saturated rings. The van der Waals surface area contributed by atoms with Gasteiger partial charge < -0.3 is 25.4 Å². The van der Waals surface area contributed by atoms with Crippen molar-refractivity contribution in [2.24, 2.45) is 0 Å². The molecule has 0 radical (unpaired) electrons. The van der Waals surface area contributed by atoms with E-state index in [-0.39, 0.29) is 18.7 Å². The Hall–Kier alpha value is -1.67. The molecule has 0 aromatic carbocycles. The molecular weight excluding hydrogens is 272 g/mol. The molecule has 3 rings (SSSR count). The van der Waals surface area contributed by atoms with Gasteiger partial charge in [-0.15, -0.1) is 0 Å². The van der Waals surface area contributed by atoms with Crippen molar-refractivity contribution < 1.29 is 9.84 Å². The van der Waals surface area contributed by atoms with Crippen LogP contribution in [-0.2, 0) is 4.74 Å². The lowest BCUT2D eigenvalue weighted by Crippen LogP contribution is -2.45. The predicted octanol–water partition coefficient (Wildman–Crippen LogP) is -0.358. The van der Waals surface area contributed by atoms with Crippen molar-refractivity contribution in [2.75, 3.05) is 54.9 Å². The van der Waals surface area contributed by atoms with Crippen LogP contribution in [0.25, 0.3) is 0 Å². The summed E-state index contributed by atoms with van der Waals surface area (Å²) in [5, 5.41) is 9.23. The molecule has 0 aliphatic carbocycles. The summed E-state index contributed by atoms with van der Waals surface area (Å²) >= 11 is 0. The molecule has 1 unspecified atom stereocenters. The van der Waals surface area contributed by atoms with Crippen molar-refractivity contribution in [2.45, 2.75) is 25.4 Å². The lowest BCUT2D eigenvalue weighted by Gasteiger charge is -2.33. The summed E-state index contributed by atoms with van der Waals surface area (Å²) in [6.07, 6.45) is 3.37. The lowest BCUT2D eigenvalue weighted by molar-refractivity contribution is 0.00314. The molecule has 0 saturated carbocycles. The molecule has 2 saturated heterocycles. The van der Waals surface area contributed by atoms with Gasteiger partial charge in [-0.05, 0) is 19.3 Å². The van der Waals surface area contributed by atoms with Crippen molar-refractivity contribution >= 4 is 17.8 Å². The minimum absolute atomic E-state index is 0.00392. The Kier molecular flexibility index (Phi) is 4.35. The summed E-state index contributed by atoms with van der Waals surface area (Å²) in [7, 11) is 0. The van der Waals surface area contributed by atoms with Crippen LogP contribution in [0.4, 0.5) is 17.8 Å². The summed E-state index contributed by atoms with van der Waals surface area (Å²) in [6, 6.07) is 0. The number of aliphatic hydroxyl groups excluding tert-OH is 1. The van der Waals surface area contributed by atoms with Crippen molar-refractivity contribution in [1.82, 2.24) is 15.0 Å². The van der Waals surface area contributed by atoms with Crippen LogP contribution in [0.15, 0.2) is 0 Å². The van der Waals surface area contributed by atoms with Crippen LogP contribution >= 0.6 is 0 Å². The zero-order chi connectivity index (χ0) is 14.7. The van der Waals surface area contributed by atoms with Gasteiger partial charge in [0.05, 0.1) is 19.3 Å². The van der Waals surface area contributed by atoms with Gasteiger partial charge in [0.2, 0.25) is 17.8 Å². The third-order valence-electron chi connectivity index (χ3n) is 3.89. The van der Waals surface area contributed by atoms with Gasteiger partial charge in [-0.3, -0.25) is 0 Å². The van der Waals surface area contributed by atoms with E-state index in [1.54, 1.807) is 0 Å². The summed E-state index contributed by atoms with van der Waals surface area (Å²) in [5.41, 5.74) is 5.84. The van der Waals surface area contributed by atoms with Crippen LogP contribution in [0, 0.1) is 0 Å². The molecule has 0 amide bonds. The number of aliphatic hydroxyl groups is 1. The fraction of sp³-hybridized carbons (Fsp3) is 0.769. The first-order valence-electron chi connectivity index (χ1n) is 7.50. The monoisotopic (exact) mass is 294 g/mol. The Morgan fingerprint density at radius 2 is 1.76 bits per heavy atom. The van der Waals surface area contributed by atoms with E-state index in [1.165, 1.54) is 6.42 Å². The average molecular weight is 294 g/mol. The highest BCUT2D eigenvalue weighted by Gasteiger charge is 2.24. The molecule has 3 heterocycles. The smallest absolute Gasteiger partial charge is 0.232 e. The molecule has 1 aromatic rings. The second-order valence-corrected chi connectivity index (χ2v) is 5.46. The number of hydrogen-bond donors (Lipinski definition) is 2. The highest BCUT2D eigenvalue weighted by atomic mass is 16.5. The van der Waals surface area contributed by atoms with Gasteiger partial charge in [-0.2, -0.15) is 15.0 Å². The van der Waals surface area contributed by atoms with E-state index >= 15 is 0 Å². The number of nitrogens with two attached hydrogens (primary N) is 1. The van der Waals surface area contributed by atoms with Gasteiger partial charge in [0.25, 0.3) is 0 Å². The van der Waals surface area contributed by atoms with Gasteiger partial charge in [0, 0.05) is 26.2 Å². The maximum atomic E-state index is 9.23. The number of nitrogens with zero attached hydrogens (tertiary/aromatic N) is 5. The average Bonchev–Trinajstić information content (AvgIpc) is 2.55. The SMILES string of the molecule is Nc1nc(N2CCCCC2)nc(N2CCOC(CO)C2)n1. The molecule has 2 aliphatic heterocycles. The van der Waals surface area contributed by atoms with E-state index in [0.717, 1.165) is 25.9 Å². The molecule has 0 bridgehead atoms. The van der Waals surface area contributed by atoms with Gasteiger partial charge in [-0.1, -0.05) is 0 Å². The number of aromatic nitrogens is 3. The number of piperidine rings is 1. The number of ether oxygens (including phenoxy) is 1. The van der Waals surface area contributed by atoms with E-state index in [4.69, 9.17) is 10.5 Å². The lowest BCUT2D eigenvalue weighted by atomic mass is 10.1. The first-order valence-corrected chi connectivity index (χ1v) is 7.50. The highest BCUT2D eigenvalue weighted by molar-refractivity contribution is 5.44. The minimum atomic E-state index is -0.199. The van der Waals surface area contributed by atoms with E-state index < -0.39 is 0 Å². The summed E-state index contributed by atoms with van der Waals surface area (Å²) in [5.74, 6) is 1.47. The third-order valence-corrected chi connectivity index (χ3v) is 3.89. The van der Waals surface area contributed by atoms with Crippen molar-refractivity contribution in [3.63, 3.8) is 0 Å². The Bertz CT molecular complexity index is 480. The normalized spacial score (nSPS) is 23.4. The summed E-state index contributed by atoms with van der Waals surface area (Å²) in [4.78, 5) is 17.2. The number of anilines is 3. The number of morpholine rings is 1. The molecule has 116 valence electrons. The van der Waals surface area contributed by atoms with Gasteiger partial charge in [-0.25, -0.2) is 0 Å². The highest BCUT2D eigenvalue weighted by Crippen LogP contribution is 2.20. The zero-order valence-electron chi connectivity index (χ0n) is 12.1. The van der Waals surface area contributed by atoms with E-state index in [2.05, 4.69) is 19.9 Å². The summed E-state index contributed by atoms with van der Waals surface area (Å²) < 4.78 is 5.45. The topological polar surface area (TPSA) is 101 Å². The fourth-order valence-electron chi connectivity index (χ4n) is 2.76. The first-order chi connectivity index (χ1) is 10.3. The van der Waals surface area contributed by atoms with E-state index in [0.29, 0.717) is 31.6 Å². The molecule has 8 heteroatoms. The molecule has 8 nitrogen and oxygen atoms in total. The first kappa shape index (κ1) is 14.3. The van der Waals surface area contributed by atoms with Crippen molar-refractivity contribution in [3.05, 3.63) is 0 Å². The number of nitrogen functional groups attached to an aromatic ring is 1. The van der Waals surface area contributed by atoms with Crippen LogP contribution in [0.2, 0.25) is 0 Å². The molecule has 1 atom stereocenters. The maximum absolute atomic E-state index is 9.23. The second-order valence-electron chi connectivity index (χ2n) is 5.46. The molecule has 1 aromatic heterocycles. The second kappa shape index (κ2) is 6.40. The Balaban J connectivity index is 1.80. The molecule has 2 aliphatic rings.